The number of nitrogens with one attached hydrogen (secondary N) is 1. The zero-order valence-electron chi connectivity index (χ0n) is 10.5. The molecule has 3 rings (SSSR count). The van der Waals surface area contributed by atoms with Crippen LogP contribution >= 0.6 is 0 Å². The van der Waals surface area contributed by atoms with Crippen molar-refractivity contribution in [1.29, 1.82) is 5.26 Å². The van der Waals surface area contributed by atoms with Gasteiger partial charge in [-0.25, -0.2) is 0 Å². The lowest BCUT2D eigenvalue weighted by molar-refractivity contribution is 0.456. The maximum Gasteiger partial charge on any atom is 0.0991 e. The Morgan fingerprint density at radius 1 is 1.22 bits per heavy atom. The molecule has 18 heavy (non-hydrogen) atoms. The molecule has 3 unspecified atom stereocenters. The van der Waals surface area contributed by atoms with Crippen LogP contribution in [0, 0.1) is 23.2 Å². The molecule has 2 nitrogen and oxygen atoms in total. The van der Waals surface area contributed by atoms with Crippen molar-refractivity contribution in [3.8, 4) is 6.07 Å². The van der Waals surface area contributed by atoms with Crippen molar-refractivity contribution in [3.63, 3.8) is 0 Å². The summed E-state index contributed by atoms with van der Waals surface area (Å²) in [6.07, 6.45) is 8.66. The minimum absolute atomic E-state index is 0.549. The summed E-state index contributed by atoms with van der Waals surface area (Å²) in [5.41, 5.74) is 1.90. The number of hydrogen-bond donors (Lipinski definition) is 1. The Balaban J connectivity index is 1.68. The maximum absolute atomic E-state index is 8.76. The smallest absolute Gasteiger partial charge is 0.0991 e. The summed E-state index contributed by atoms with van der Waals surface area (Å²) in [5.74, 6) is 1.75. The van der Waals surface area contributed by atoms with Gasteiger partial charge in [0.25, 0.3) is 0 Å². The van der Waals surface area contributed by atoms with Gasteiger partial charge in [0, 0.05) is 6.04 Å². The largest absolute Gasteiger partial charge is 0.310 e. The van der Waals surface area contributed by atoms with Crippen LogP contribution in [0.4, 0.5) is 0 Å². The van der Waals surface area contributed by atoms with Crippen LogP contribution in [0.15, 0.2) is 30.3 Å². The fraction of sp³-hybridized carbons (Fsp3) is 0.438. The Morgan fingerprint density at radius 3 is 2.83 bits per heavy atom. The molecule has 1 aromatic carbocycles. The summed E-state index contributed by atoms with van der Waals surface area (Å²) in [6, 6.07) is 10.5. The summed E-state index contributed by atoms with van der Waals surface area (Å²) in [5, 5.41) is 12.4. The summed E-state index contributed by atoms with van der Waals surface area (Å²) in [4.78, 5) is 0. The van der Waals surface area contributed by atoms with E-state index in [0.717, 1.165) is 17.4 Å². The second kappa shape index (κ2) is 4.96. The molecule has 0 bridgehead atoms. The van der Waals surface area contributed by atoms with E-state index in [-0.39, 0.29) is 0 Å². The van der Waals surface area contributed by atoms with Gasteiger partial charge in [-0.3, -0.25) is 0 Å². The molecule has 1 aliphatic carbocycles. The first-order valence-electron chi connectivity index (χ1n) is 6.78. The minimum Gasteiger partial charge on any atom is -0.310 e. The molecule has 0 amide bonds. The van der Waals surface area contributed by atoms with Crippen LogP contribution < -0.4 is 5.32 Å². The molecule has 1 heterocycles. The average Bonchev–Trinajstić information content (AvgIpc) is 3.00. The number of fused-ring (bicyclic) bond motifs is 1. The molecule has 2 aliphatic rings. The van der Waals surface area contributed by atoms with Gasteiger partial charge in [-0.2, -0.15) is 5.26 Å². The van der Waals surface area contributed by atoms with Crippen molar-refractivity contribution in [3.05, 3.63) is 41.5 Å². The van der Waals surface area contributed by atoms with E-state index in [1.807, 2.05) is 24.3 Å². The van der Waals surface area contributed by atoms with Gasteiger partial charge in [-0.05, 0) is 48.9 Å². The quantitative estimate of drug-likeness (QED) is 0.859. The third-order valence-electron chi connectivity index (χ3n) is 4.33. The van der Waals surface area contributed by atoms with Gasteiger partial charge in [0.2, 0.25) is 0 Å². The minimum atomic E-state index is 0.549. The van der Waals surface area contributed by atoms with Crippen molar-refractivity contribution in [2.45, 2.75) is 25.3 Å². The average molecular weight is 238 g/mol. The summed E-state index contributed by atoms with van der Waals surface area (Å²) >= 11 is 0. The van der Waals surface area contributed by atoms with E-state index >= 15 is 0 Å². The molecule has 0 aromatic heterocycles. The standard InChI is InChI=1S/C16H18N2/c17-10-13-6-4-12(5-7-13)8-9-16-15-3-1-2-14(15)11-18-16/h4-9,14-16,18H,1-3,11H2/b9-8+. The van der Waals surface area contributed by atoms with E-state index in [2.05, 4.69) is 23.5 Å². The monoisotopic (exact) mass is 238 g/mol. The number of benzene rings is 1. The van der Waals surface area contributed by atoms with Crippen LogP contribution in [-0.2, 0) is 0 Å². The van der Waals surface area contributed by atoms with Crippen LogP contribution in [0.5, 0.6) is 0 Å². The van der Waals surface area contributed by atoms with Gasteiger partial charge in [0.1, 0.15) is 0 Å². The molecule has 3 atom stereocenters. The zero-order chi connectivity index (χ0) is 12.4. The zero-order valence-corrected chi connectivity index (χ0v) is 10.5. The van der Waals surface area contributed by atoms with Crippen LogP contribution in [0.25, 0.3) is 6.08 Å². The molecule has 1 saturated carbocycles. The number of nitriles is 1. The number of rotatable bonds is 2. The normalized spacial score (nSPS) is 30.5. The molecular formula is C16H18N2. The first kappa shape index (κ1) is 11.5. The summed E-state index contributed by atoms with van der Waals surface area (Å²) < 4.78 is 0. The lowest BCUT2D eigenvalue weighted by atomic mass is 9.93. The Labute approximate surface area is 108 Å². The molecule has 0 radical (unpaired) electrons. The van der Waals surface area contributed by atoms with Gasteiger partial charge < -0.3 is 5.32 Å². The third-order valence-corrected chi connectivity index (χ3v) is 4.33. The predicted octanol–water partition coefficient (Wildman–Crippen LogP) is 2.96. The highest BCUT2D eigenvalue weighted by molar-refractivity contribution is 5.51. The van der Waals surface area contributed by atoms with Crippen LogP contribution in [-0.4, -0.2) is 12.6 Å². The van der Waals surface area contributed by atoms with Gasteiger partial charge in [-0.15, -0.1) is 0 Å². The molecule has 1 N–H and O–H groups in total. The molecule has 1 aromatic rings. The topological polar surface area (TPSA) is 35.8 Å². The van der Waals surface area contributed by atoms with Crippen molar-refractivity contribution in [1.82, 2.24) is 5.32 Å². The van der Waals surface area contributed by atoms with Crippen LogP contribution in [0.1, 0.15) is 30.4 Å². The van der Waals surface area contributed by atoms with Crippen LogP contribution in [0.2, 0.25) is 0 Å². The molecular weight excluding hydrogens is 220 g/mol. The molecule has 0 spiro atoms. The molecule has 2 fully saturated rings. The molecule has 1 saturated heterocycles. The highest BCUT2D eigenvalue weighted by Gasteiger charge is 2.37. The summed E-state index contributed by atoms with van der Waals surface area (Å²) in [7, 11) is 0. The third kappa shape index (κ3) is 2.19. The Hall–Kier alpha value is -1.59. The van der Waals surface area contributed by atoms with Gasteiger partial charge >= 0.3 is 0 Å². The highest BCUT2D eigenvalue weighted by Crippen LogP contribution is 2.38. The van der Waals surface area contributed by atoms with E-state index in [1.54, 1.807) is 0 Å². The summed E-state index contributed by atoms with van der Waals surface area (Å²) in [6.45, 7) is 1.19. The fourth-order valence-corrected chi connectivity index (χ4v) is 3.32. The van der Waals surface area contributed by atoms with Crippen molar-refractivity contribution >= 4 is 6.08 Å². The Kier molecular flexibility index (Phi) is 3.17. The van der Waals surface area contributed by atoms with E-state index in [4.69, 9.17) is 5.26 Å². The maximum atomic E-state index is 8.76. The Bertz CT molecular complexity index is 481. The Morgan fingerprint density at radius 2 is 2.06 bits per heavy atom. The highest BCUT2D eigenvalue weighted by atomic mass is 15.0. The van der Waals surface area contributed by atoms with Crippen molar-refractivity contribution < 1.29 is 0 Å². The van der Waals surface area contributed by atoms with E-state index in [9.17, 15) is 0 Å². The van der Waals surface area contributed by atoms with Gasteiger partial charge in [0.05, 0.1) is 11.6 Å². The van der Waals surface area contributed by atoms with Gasteiger partial charge in [-0.1, -0.05) is 30.7 Å². The first-order valence-corrected chi connectivity index (χ1v) is 6.78. The molecule has 92 valence electrons. The number of hydrogen-bond acceptors (Lipinski definition) is 2. The SMILES string of the molecule is N#Cc1ccc(/C=C/C2NCC3CCCC32)cc1. The van der Waals surface area contributed by atoms with E-state index in [0.29, 0.717) is 6.04 Å². The van der Waals surface area contributed by atoms with Gasteiger partial charge in [0.15, 0.2) is 0 Å². The van der Waals surface area contributed by atoms with Crippen molar-refractivity contribution in [2.24, 2.45) is 11.8 Å². The second-order valence-corrected chi connectivity index (χ2v) is 5.38. The lowest BCUT2D eigenvalue weighted by Crippen LogP contribution is -2.23. The predicted molar refractivity (Wildman–Crippen MR) is 72.8 cm³/mol. The molecule has 1 aliphatic heterocycles. The first-order chi connectivity index (χ1) is 8.86. The number of nitrogens with zero attached hydrogens (tertiary/aromatic N) is 1. The molecule has 2 heteroatoms. The van der Waals surface area contributed by atoms with E-state index in [1.165, 1.54) is 31.4 Å². The van der Waals surface area contributed by atoms with Crippen LogP contribution in [0.3, 0.4) is 0 Å². The van der Waals surface area contributed by atoms with E-state index < -0.39 is 0 Å². The lowest BCUT2D eigenvalue weighted by Gasteiger charge is -2.13. The second-order valence-electron chi connectivity index (χ2n) is 5.38. The fourth-order valence-electron chi connectivity index (χ4n) is 3.32. The van der Waals surface area contributed by atoms with Crippen molar-refractivity contribution in [2.75, 3.05) is 6.54 Å².